The highest BCUT2D eigenvalue weighted by Crippen LogP contribution is 2.32. The van der Waals surface area contributed by atoms with Gasteiger partial charge in [0.25, 0.3) is 0 Å². The molecule has 0 radical (unpaired) electrons. The summed E-state index contributed by atoms with van der Waals surface area (Å²) in [5, 5.41) is 0. The number of hydrogen-bond donors (Lipinski definition) is 0. The summed E-state index contributed by atoms with van der Waals surface area (Å²) < 4.78 is 82.0. The van der Waals surface area contributed by atoms with Crippen LogP contribution in [0.15, 0.2) is 76.5 Å². The van der Waals surface area contributed by atoms with Crippen molar-refractivity contribution >= 4 is 20.1 Å². The average Bonchev–Trinajstić information content (AvgIpc) is 2.82. The molecule has 0 fully saturated rings. The molecule has 35 heavy (non-hydrogen) atoms. The normalized spacial score (nSPS) is 12.0. The Hall–Kier alpha value is -2.99. The minimum Gasteiger partial charge on any atom is -0.493 e. The first-order valence-corrected chi connectivity index (χ1v) is 13.3. The standard InChI is InChI=1S/C24H26FNO7S2/c1-18-4-9-21(10-5-18)34(27,28)26(14-15-31-2)17-19-6-13-23(32-3)24(16-19)33-35(29,30)22-11-7-20(25)8-12-22/h4-13,16H,14-15,17H2,1-3H3. The smallest absolute Gasteiger partial charge is 0.339 e. The van der Waals surface area contributed by atoms with Gasteiger partial charge in [0.1, 0.15) is 10.7 Å². The summed E-state index contributed by atoms with van der Waals surface area (Å²) in [5.41, 5.74) is 1.38. The molecule has 0 heterocycles. The van der Waals surface area contributed by atoms with Crippen molar-refractivity contribution in [1.82, 2.24) is 4.31 Å². The lowest BCUT2D eigenvalue weighted by atomic mass is 10.2. The summed E-state index contributed by atoms with van der Waals surface area (Å²) in [6, 6.07) is 15.2. The van der Waals surface area contributed by atoms with Gasteiger partial charge in [-0.05, 0) is 61.0 Å². The molecule has 0 aromatic heterocycles. The van der Waals surface area contributed by atoms with E-state index in [0.29, 0.717) is 5.56 Å². The first-order valence-electron chi connectivity index (χ1n) is 10.5. The number of nitrogens with zero attached hydrogens (tertiary/aromatic N) is 1. The van der Waals surface area contributed by atoms with E-state index in [2.05, 4.69) is 0 Å². The van der Waals surface area contributed by atoms with E-state index in [1.807, 2.05) is 6.92 Å². The number of sulfonamides is 1. The van der Waals surface area contributed by atoms with E-state index in [1.165, 1.54) is 42.8 Å². The van der Waals surface area contributed by atoms with E-state index >= 15 is 0 Å². The zero-order valence-electron chi connectivity index (χ0n) is 19.5. The monoisotopic (exact) mass is 523 g/mol. The van der Waals surface area contributed by atoms with Gasteiger partial charge in [-0.3, -0.25) is 0 Å². The summed E-state index contributed by atoms with van der Waals surface area (Å²) in [6.07, 6.45) is 0. The van der Waals surface area contributed by atoms with Gasteiger partial charge in [0.05, 0.1) is 18.6 Å². The summed E-state index contributed by atoms with van der Waals surface area (Å²) in [6.45, 7) is 2.01. The van der Waals surface area contributed by atoms with E-state index in [9.17, 15) is 21.2 Å². The van der Waals surface area contributed by atoms with Gasteiger partial charge in [-0.15, -0.1) is 0 Å². The summed E-state index contributed by atoms with van der Waals surface area (Å²) in [7, 11) is -5.35. The van der Waals surface area contributed by atoms with Gasteiger partial charge in [-0.2, -0.15) is 12.7 Å². The molecule has 8 nitrogen and oxygen atoms in total. The van der Waals surface area contributed by atoms with Crippen molar-refractivity contribution in [3.05, 3.63) is 83.7 Å². The number of halogens is 1. The second-order valence-electron chi connectivity index (χ2n) is 7.62. The Morgan fingerprint density at radius 1 is 0.829 bits per heavy atom. The molecule has 3 rings (SSSR count). The predicted molar refractivity (Wildman–Crippen MR) is 128 cm³/mol. The third kappa shape index (κ3) is 6.57. The van der Waals surface area contributed by atoms with Crippen LogP contribution in [0.4, 0.5) is 4.39 Å². The van der Waals surface area contributed by atoms with Crippen LogP contribution >= 0.6 is 0 Å². The van der Waals surface area contributed by atoms with Gasteiger partial charge in [0.15, 0.2) is 11.5 Å². The Morgan fingerprint density at radius 3 is 2.06 bits per heavy atom. The molecule has 0 N–H and O–H groups in total. The summed E-state index contributed by atoms with van der Waals surface area (Å²) >= 11 is 0. The fourth-order valence-electron chi connectivity index (χ4n) is 3.19. The van der Waals surface area contributed by atoms with Crippen LogP contribution in [0.1, 0.15) is 11.1 Å². The second kappa shape index (κ2) is 11.2. The zero-order valence-corrected chi connectivity index (χ0v) is 21.1. The minimum absolute atomic E-state index is 0.0722. The number of rotatable bonds is 11. The number of hydrogen-bond acceptors (Lipinski definition) is 7. The van der Waals surface area contributed by atoms with E-state index in [1.54, 1.807) is 18.2 Å². The van der Waals surface area contributed by atoms with Crippen LogP contribution in [0, 0.1) is 12.7 Å². The van der Waals surface area contributed by atoms with E-state index < -0.39 is 26.0 Å². The largest absolute Gasteiger partial charge is 0.493 e. The molecular formula is C24H26FNO7S2. The fraction of sp³-hybridized carbons (Fsp3) is 0.250. The molecule has 3 aromatic rings. The maximum absolute atomic E-state index is 13.3. The average molecular weight is 524 g/mol. The third-order valence-corrected chi connectivity index (χ3v) is 8.20. The van der Waals surface area contributed by atoms with Gasteiger partial charge in [-0.25, -0.2) is 12.8 Å². The van der Waals surface area contributed by atoms with Crippen molar-refractivity contribution in [1.29, 1.82) is 0 Å². The van der Waals surface area contributed by atoms with Crippen molar-refractivity contribution < 1.29 is 34.9 Å². The molecule has 0 bridgehead atoms. The first kappa shape index (κ1) is 26.6. The maximum Gasteiger partial charge on any atom is 0.339 e. The minimum atomic E-state index is -4.30. The van der Waals surface area contributed by atoms with Crippen LogP contribution in [0.2, 0.25) is 0 Å². The molecule has 188 valence electrons. The van der Waals surface area contributed by atoms with E-state index in [4.69, 9.17) is 13.7 Å². The molecule has 11 heteroatoms. The number of ether oxygens (including phenoxy) is 2. The van der Waals surface area contributed by atoms with Gasteiger partial charge >= 0.3 is 10.1 Å². The maximum atomic E-state index is 13.3. The lowest BCUT2D eigenvalue weighted by Gasteiger charge is -2.23. The van der Waals surface area contributed by atoms with Crippen molar-refractivity contribution in [2.75, 3.05) is 27.4 Å². The molecule has 0 atom stereocenters. The van der Waals surface area contributed by atoms with Crippen LogP contribution in [0.5, 0.6) is 11.5 Å². The van der Waals surface area contributed by atoms with Gasteiger partial charge in [0.2, 0.25) is 10.0 Å². The SMILES string of the molecule is COCCN(Cc1ccc(OC)c(OS(=O)(=O)c2ccc(F)cc2)c1)S(=O)(=O)c1ccc(C)cc1. The lowest BCUT2D eigenvalue weighted by molar-refractivity contribution is 0.177. The van der Waals surface area contributed by atoms with Gasteiger partial charge in [0, 0.05) is 20.2 Å². The molecule has 0 aliphatic heterocycles. The van der Waals surface area contributed by atoms with E-state index in [-0.39, 0.29) is 41.0 Å². The molecule has 0 aliphatic rings. The Labute approximate surface area is 205 Å². The Balaban J connectivity index is 1.93. The van der Waals surface area contributed by atoms with Crippen LogP contribution in [0.25, 0.3) is 0 Å². The Kier molecular flexibility index (Phi) is 8.49. The topological polar surface area (TPSA) is 99.2 Å². The quantitative estimate of drug-likeness (QED) is 0.353. The molecule has 0 amide bonds. The predicted octanol–water partition coefficient (Wildman–Crippen LogP) is 3.75. The summed E-state index contributed by atoms with van der Waals surface area (Å²) in [4.78, 5) is -0.113. The van der Waals surface area contributed by atoms with Crippen LogP contribution < -0.4 is 8.92 Å². The van der Waals surface area contributed by atoms with Gasteiger partial charge in [-0.1, -0.05) is 23.8 Å². The Bertz CT molecular complexity index is 1360. The van der Waals surface area contributed by atoms with Crippen molar-refractivity contribution in [3.63, 3.8) is 0 Å². The third-order valence-electron chi connectivity index (χ3n) is 5.09. The fourth-order valence-corrected chi connectivity index (χ4v) is 5.54. The second-order valence-corrected chi connectivity index (χ2v) is 11.1. The molecule has 0 saturated carbocycles. The van der Waals surface area contributed by atoms with Crippen LogP contribution in [0.3, 0.4) is 0 Å². The number of methoxy groups -OCH3 is 2. The molecule has 0 aliphatic carbocycles. The first-order chi connectivity index (χ1) is 16.6. The zero-order chi connectivity index (χ0) is 25.6. The van der Waals surface area contributed by atoms with Crippen LogP contribution in [-0.4, -0.2) is 48.5 Å². The Morgan fingerprint density at radius 2 is 1.46 bits per heavy atom. The number of aryl methyl sites for hydroxylation is 1. The van der Waals surface area contributed by atoms with Gasteiger partial charge < -0.3 is 13.7 Å². The molecule has 3 aromatic carbocycles. The van der Waals surface area contributed by atoms with Crippen molar-refractivity contribution in [2.24, 2.45) is 0 Å². The highest BCUT2D eigenvalue weighted by molar-refractivity contribution is 7.89. The lowest BCUT2D eigenvalue weighted by Crippen LogP contribution is -2.33. The molecule has 0 unspecified atom stereocenters. The number of benzene rings is 3. The highest BCUT2D eigenvalue weighted by atomic mass is 32.2. The molecule has 0 saturated heterocycles. The van der Waals surface area contributed by atoms with Crippen molar-refractivity contribution in [2.45, 2.75) is 23.3 Å². The molecular weight excluding hydrogens is 497 g/mol. The van der Waals surface area contributed by atoms with E-state index in [0.717, 1.165) is 29.8 Å². The summed E-state index contributed by atoms with van der Waals surface area (Å²) in [5.74, 6) is -0.590. The molecule has 0 spiro atoms. The highest BCUT2D eigenvalue weighted by Gasteiger charge is 2.26. The van der Waals surface area contributed by atoms with Crippen LogP contribution in [-0.2, 0) is 31.4 Å². The van der Waals surface area contributed by atoms with Crippen molar-refractivity contribution in [3.8, 4) is 11.5 Å².